The number of aryl methyl sites for hydroxylation is 1. The van der Waals surface area contributed by atoms with Crippen molar-refractivity contribution >= 4 is 0 Å². The average molecular weight is 228 g/mol. The molecule has 0 N–H and O–H groups in total. The van der Waals surface area contributed by atoms with Crippen LogP contribution in [0.2, 0.25) is 0 Å². The van der Waals surface area contributed by atoms with Gasteiger partial charge >= 0.3 is 0 Å². The molecule has 0 atom stereocenters. The second kappa shape index (κ2) is 4.24. The monoisotopic (exact) mass is 228 g/mol. The van der Waals surface area contributed by atoms with Gasteiger partial charge in [-0.1, -0.05) is 17.7 Å². The zero-order valence-corrected chi connectivity index (χ0v) is 9.97. The first-order valence-corrected chi connectivity index (χ1v) is 6.03. The maximum Gasteiger partial charge on any atom is 0.130 e. The molecule has 1 aromatic carbocycles. The van der Waals surface area contributed by atoms with Gasteiger partial charge < -0.3 is 9.30 Å². The zero-order chi connectivity index (χ0) is 11.7. The summed E-state index contributed by atoms with van der Waals surface area (Å²) in [5.74, 6) is 0.916. The molecule has 2 aromatic rings. The molecule has 0 aliphatic heterocycles. The molecule has 1 aliphatic rings. The van der Waals surface area contributed by atoms with Gasteiger partial charge in [-0.3, -0.25) is 0 Å². The molecule has 3 rings (SSSR count). The second-order valence-electron chi connectivity index (χ2n) is 4.63. The van der Waals surface area contributed by atoms with Crippen molar-refractivity contribution in [2.24, 2.45) is 0 Å². The first-order chi connectivity index (χ1) is 8.33. The highest BCUT2D eigenvalue weighted by atomic mass is 16.5. The summed E-state index contributed by atoms with van der Waals surface area (Å²) in [5, 5.41) is 0. The van der Waals surface area contributed by atoms with Crippen molar-refractivity contribution in [1.82, 2.24) is 9.55 Å². The van der Waals surface area contributed by atoms with Gasteiger partial charge in [-0.25, -0.2) is 4.98 Å². The summed E-state index contributed by atoms with van der Waals surface area (Å²) in [5.41, 5.74) is 2.41. The van der Waals surface area contributed by atoms with Crippen molar-refractivity contribution in [2.45, 2.75) is 32.4 Å². The molecular weight excluding hydrogens is 212 g/mol. The predicted molar refractivity (Wildman–Crippen MR) is 66.0 cm³/mol. The van der Waals surface area contributed by atoms with E-state index in [4.69, 9.17) is 4.74 Å². The first-order valence-electron chi connectivity index (χ1n) is 6.03. The molecule has 1 heterocycles. The Morgan fingerprint density at radius 2 is 2.06 bits per heavy atom. The third-order valence-electron chi connectivity index (χ3n) is 3.09. The van der Waals surface area contributed by atoms with Crippen molar-refractivity contribution in [2.75, 3.05) is 0 Å². The van der Waals surface area contributed by atoms with Crippen LogP contribution < -0.4 is 4.74 Å². The maximum atomic E-state index is 5.76. The van der Waals surface area contributed by atoms with E-state index in [1.165, 1.54) is 18.4 Å². The maximum absolute atomic E-state index is 5.76. The average Bonchev–Trinajstić information content (AvgIpc) is 3.08. The van der Waals surface area contributed by atoms with Crippen molar-refractivity contribution in [3.63, 3.8) is 0 Å². The molecule has 88 valence electrons. The van der Waals surface area contributed by atoms with E-state index >= 15 is 0 Å². The number of nitrogens with zero attached hydrogens (tertiary/aromatic N) is 2. The van der Waals surface area contributed by atoms with Crippen molar-refractivity contribution in [1.29, 1.82) is 0 Å². The topological polar surface area (TPSA) is 27.1 Å². The standard InChI is InChI=1S/C14H16N2O/c1-11-2-6-14(7-3-11)17-9-13-8-15-10-16(13)12-4-5-12/h2-3,6-8,10,12H,4-5,9H2,1H3. The molecule has 0 saturated heterocycles. The third-order valence-corrected chi connectivity index (χ3v) is 3.09. The van der Waals surface area contributed by atoms with Crippen LogP contribution in [0, 0.1) is 6.92 Å². The number of hydrogen-bond acceptors (Lipinski definition) is 2. The Bertz CT molecular complexity index is 497. The molecule has 17 heavy (non-hydrogen) atoms. The lowest BCUT2D eigenvalue weighted by atomic mass is 10.2. The van der Waals surface area contributed by atoms with Crippen molar-refractivity contribution in [3.8, 4) is 5.75 Å². The van der Waals surface area contributed by atoms with E-state index in [1.807, 2.05) is 24.7 Å². The minimum Gasteiger partial charge on any atom is -0.487 e. The number of hydrogen-bond donors (Lipinski definition) is 0. The molecule has 1 saturated carbocycles. The van der Waals surface area contributed by atoms with Crippen molar-refractivity contribution < 1.29 is 4.74 Å². The highest BCUT2D eigenvalue weighted by Crippen LogP contribution is 2.35. The Kier molecular flexibility index (Phi) is 2.59. The molecule has 3 heteroatoms. The van der Waals surface area contributed by atoms with Crippen LogP contribution in [-0.2, 0) is 6.61 Å². The SMILES string of the molecule is Cc1ccc(OCc2cncn2C2CC2)cc1. The Hall–Kier alpha value is -1.77. The Balaban J connectivity index is 1.67. The quantitative estimate of drug-likeness (QED) is 0.804. The van der Waals surface area contributed by atoms with Crippen LogP contribution in [0.4, 0.5) is 0 Å². The summed E-state index contributed by atoms with van der Waals surface area (Å²) in [7, 11) is 0. The van der Waals surface area contributed by atoms with Gasteiger partial charge in [0.15, 0.2) is 0 Å². The molecular formula is C14H16N2O. The van der Waals surface area contributed by atoms with Crippen LogP contribution in [0.3, 0.4) is 0 Å². The van der Waals surface area contributed by atoms with E-state index < -0.39 is 0 Å². The predicted octanol–water partition coefficient (Wildman–Crippen LogP) is 3.11. The van der Waals surface area contributed by atoms with Crippen LogP contribution in [0.25, 0.3) is 0 Å². The number of benzene rings is 1. The fourth-order valence-electron chi connectivity index (χ4n) is 1.92. The third kappa shape index (κ3) is 2.33. The van der Waals surface area contributed by atoms with Crippen LogP contribution in [-0.4, -0.2) is 9.55 Å². The molecule has 0 amide bonds. The van der Waals surface area contributed by atoms with Crippen LogP contribution in [0.1, 0.15) is 30.1 Å². The van der Waals surface area contributed by atoms with E-state index in [2.05, 4.69) is 28.6 Å². The molecule has 0 radical (unpaired) electrons. The minimum atomic E-state index is 0.597. The fourth-order valence-corrected chi connectivity index (χ4v) is 1.92. The van der Waals surface area contributed by atoms with Gasteiger partial charge in [0.05, 0.1) is 18.2 Å². The van der Waals surface area contributed by atoms with Gasteiger partial charge in [0.2, 0.25) is 0 Å². The summed E-state index contributed by atoms with van der Waals surface area (Å²) in [6.07, 6.45) is 6.35. The summed E-state index contributed by atoms with van der Waals surface area (Å²) in [4.78, 5) is 4.19. The van der Waals surface area contributed by atoms with Crippen LogP contribution >= 0.6 is 0 Å². The van der Waals surface area contributed by atoms with Gasteiger partial charge in [0, 0.05) is 6.04 Å². The minimum absolute atomic E-state index is 0.597. The van der Waals surface area contributed by atoms with E-state index in [9.17, 15) is 0 Å². The van der Waals surface area contributed by atoms with Gasteiger partial charge in [-0.15, -0.1) is 0 Å². The summed E-state index contributed by atoms with van der Waals surface area (Å²) < 4.78 is 7.99. The van der Waals surface area contributed by atoms with E-state index in [-0.39, 0.29) is 0 Å². The highest BCUT2D eigenvalue weighted by molar-refractivity contribution is 5.26. The number of rotatable bonds is 4. The summed E-state index contributed by atoms with van der Waals surface area (Å²) in [6.45, 7) is 2.67. The number of ether oxygens (including phenoxy) is 1. The van der Waals surface area contributed by atoms with Gasteiger partial charge in [-0.05, 0) is 31.9 Å². The number of aromatic nitrogens is 2. The smallest absolute Gasteiger partial charge is 0.130 e. The second-order valence-corrected chi connectivity index (χ2v) is 4.63. The highest BCUT2D eigenvalue weighted by Gasteiger charge is 2.25. The van der Waals surface area contributed by atoms with Gasteiger partial charge in [-0.2, -0.15) is 0 Å². The summed E-state index contributed by atoms with van der Waals surface area (Å²) >= 11 is 0. The molecule has 0 spiro atoms. The lowest BCUT2D eigenvalue weighted by Gasteiger charge is -2.08. The van der Waals surface area contributed by atoms with Crippen LogP contribution in [0.5, 0.6) is 5.75 Å². The number of imidazole rings is 1. The first kappa shape index (κ1) is 10.4. The molecule has 1 aliphatic carbocycles. The normalized spacial score (nSPS) is 14.9. The summed E-state index contributed by atoms with van der Waals surface area (Å²) in [6, 6.07) is 8.80. The van der Waals surface area contributed by atoms with E-state index in [0.29, 0.717) is 12.6 Å². The van der Waals surface area contributed by atoms with Gasteiger partial charge in [0.1, 0.15) is 12.4 Å². The Morgan fingerprint density at radius 3 is 2.76 bits per heavy atom. The molecule has 1 fully saturated rings. The fraction of sp³-hybridized carbons (Fsp3) is 0.357. The lowest BCUT2D eigenvalue weighted by Crippen LogP contribution is -2.03. The Morgan fingerprint density at radius 1 is 1.29 bits per heavy atom. The van der Waals surface area contributed by atoms with E-state index in [0.717, 1.165) is 11.4 Å². The Labute approximate surface area is 101 Å². The largest absolute Gasteiger partial charge is 0.487 e. The molecule has 1 aromatic heterocycles. The lowest BCUT2D eigenvalue weighted by molar-refractivity contribution is 0.295. The molecule has 0 bridgehead atoms. The van der Waals surface area contributed by atoms with E-state index in [1.54, 1.807) is 0 Å². The van der Waals surface area contributed by atoms with Crippen molar-refractivity contribution in [3.05, 3.63) is 48.0 Å². The molecule has 0 unspecified atom stereocenters. The van der Waals surface area contributed by atoms with Crippen LogP contribution in [0.15, 0.2) is 36.8 Å². The van der Waals surface area contributed by atoms with Gasteiger partial charge in [0.25, 0.3) is 0 Å². The zero-order valence-electron chi connectivity index (χ0n) is 9.97. The molecule has 3 nitrogen and oxygen atoms in total.